The molecular formula is C10H15ClN2O4. The molecule has 0 amide bonds. The molecule has 1 aromatic rings. The van der Waals surface area contributed by atoms with Crippen molar-refractivity contribution >= 4 is 18.3 Å². The average molecular weight is 263 g/mol. The van der Waals surface area contributed by atoms with Crippen LogP contribution in [-0.4, -0.2) is 18.1 Å². The van der Waals surface area contributed by atoms with E-state index in [0.717, 1.165) is 12.8 Å². The Balaban J connectivity index is 0.00000144. The Morgan fingerprint density at radius 1 is 1.41 bits per heavy atom. The fourth-order valence-electron chi connectivity index (χ4n) is 1.93. The van der Waals surface area contributed by atoms with Crippen molar-refractivity contribution in [2.75, 3.05) is 13.2 Å². The Labute approximate surface area is 105 Å². The number of nitro groups is 1. The molecule has 17 heavy (non-hydrogen) atoms. The number of nitrogens with zero attached hydrogens (tertiary/aromatic N) is 1. The lowest BCUT2D eigenvalue weighted by atomic mass is 9.91. The molecule has 1 aromatic heterocycles. The van der Waals surface area contributed by atoms with Gasteiger partial charge in [0.05, 0.1) is 12.1 Å². The Kier molecular flexibility index (Phi) is 4.92. The molecular weight excluding hydrogens is 248 g/mol. The van der Waals surface area contributed by atoms with Crippen LogP contribution in [0.2, 0.25) is 0 Å². The van der Waals surface area contributed by atoms with E-state index in [0.29, 0.717) is 19.0 Å². The van der Waals surface area contributed by atoms with Gasteiger partial charge in [-0.15, -0.1) is 12.4 Å². The van der Waals surface area contributed by atoms with Crippen molar-refractivity contribution in [1.82, 2.24) is 0 Å². The molecule has 0 spiro atoms. The second-order valence-electron chi connectivity index (χ2n) is 3.91. The lowest BCUT2D eigenvalue weighted by Gasteiger charge is -2.25. The molecule has 0 aromatic carbocycles. The molecule has 0 bridgehead atoms. The number of hydrogen-bond acceptors (Lipinski definition) is 5. The van der Waals surface area contributed by atoms with Crippen molar-refractivity contribution in [2.45, 2.75) is 18.9 Å². The zero-order valence-electron chi connectivity index (χ0n) is 9.20. The summed E-state index contributed by atoms with van der Waals surface area (Å²) in [5.74, 6) is 0.510. The summed E-state index contributed by atoms with van der Waals surface area (Å²) in [7, 11) is 0. The quantitative estimate of drug-likeness (QED) is 0.665. The molecule has 1 atom stereocenters. The average Bonchev–Trinajstić information content (AvgIpc) is 2.78. The molecule has 1 saturated heterocycles. The monoisotopic (exact) mass is 262 g/mol. The van der Waals surface area contributed by atoms with Crippen molar-refractivity contribution in [3.63, 3.8) is 0 Å². The van der Waals surface area contributed by atoms with Gasteiger partial charge in [-0.05, 0) is 24.8 Å². The van der Waals surface area contributed by atoms with Gasteiger partial charge < -0.3 is 14.9 Å². The number of furan rings is 1. The van der Waals surface area contributed by atoms with Gasteiger partial charge in [0, 0.05) is 13.2 Å². The third-order valence-corrected chi connectivity index (χ3v) is 2.89. The zero-order valence-corrected chi connectivity index (χ0v) is 10.0. The van der Waals surface area contributed by atoms with Crippen LogP contribution in [-0.2, 0) is 4.74 Å². The SMILES string of the molecule is Cl.N[C@H](c1ccc([N+](=O)[O-])o1)C1CCOCC1. The van der Waals surface area contributed by atoms with E-state index in [4.69, 9.17) is 14.9 Å². The summed E-state index contributed by atoms with van der Waals surface area (Å²) in [5, 5.41) is 10.5. The summed E-state index contributed by atoms with van der Waals surface area (Å²) >= 11 is 0. The normalized spacial score (nSPS) is 18.4. The van der Waals surface area contributed by atoms with Crippen LogP contribution < -0.4 is 5.73 Å². The van der Waals surface area contributed by atoms with E-state index in [-0.39, 0.29) is 30.3 Å². The van der Waals surface area contributed by atoms with Gasteiger partial charge in [0.2, 0.25) is 0 Å². The fourth-order valence-corrected chi connectivity index (χ4v) is 1.93. The fraction of sp³-hybridized carbons (Fsp3) is 0.600. The smallest absolute Gasteiger partial charge is 0.404 e. The van der Waals surface area contributed by atoms with Gasteiger partial charge >= 0.3 is 5.88 Å². The maximum absolute atomic E-state index is 10.5. The van der Waals surface area contributed by atoms with Crippen LogP contribution in [0.4, 0.5) is 5.88 Å². The van der Waals surface area contributed by atoms with Crippen molar-refractivity contribution in [1.29, 1.82) is 0 Å². The summed E-state index contributed by atoms with van der Waals surface area (Å²) < 4.78 is 10.3. The van der Waals surface area contributed by atoms with Gasteiger partial charge in [0.25, 0.3) is 0 Å². The first-order valence-electron chi connectivity index (χ1n) is 5.26. The van der Waals surface area contributed by atoms with E-state index in [1.165, 1.54) is 6.07 Å². The van der Waals surface area contributed by atoms with Crippen LogP contribution in [0.3, 0.4) is 0 Å². The highest BCUT2D eigenvalue weighted by atomic mass is 35.5. The molecule has 0 saturated carbocycles. The Morgan fingerprint density at radius 3 is 2.59 bits per heavy atom. The second-order valence-corrected chi connectivity index (χ2v) is 3.91. The van der Waals surface area contributed by atoms with Crippen LogP contribution in [0.25, 0.3) is 0 Å². The maximum Gasteiger partial charge on any atom is 0.433 e. The van der Waals surface area contributed by atoms with Crippen molar-refractivity contribution in [2.24, 2.45) is 11.7 Å². The summed E-state index contributed by atoms with van der Waals surface area (Å²) in [6.07, 6.45) is 1.74. The Hall–Kier alpha value is -1.11. The van der Waals surface area contributed by atoms with E-state index < -0.39 is 4.92 Å². The predicted molar refractivity (Wildman–Crippen MR) is 63.1 cm³/mol. The van der Waals surface area contributed by atoms with Crippen molar-refractivity contribution < 1.29 is 14.1 Å². The first kappa shape index (κ1) is 14.0. The van der Waals surface area contributed by atoms with Gasteiger partial charge in [-0.3, -0.25) is 10.1 Å². The Bertz CT molecular complexity index is 376. The van der Waals surface area contributed by atoms with Crippen LogP contribution >= 0.6 is 12.4 Å². The van der Waals surface area contributed by atoms with Crippen LogP contribution in [0, 0.1) is 16.0 Å². The van der Waals surface area contributed by atoms with E-state index >= 15 is 0 Å². The first-order chi connectivity index (χ1) is 7.68. The molecule has 2 rings (SSSR count). The third kappa shape index (κ3) is 3.18. The van der Waals surface area contributed by atoms with Gasteiger partial charge in [-0.1, -0.05) is 0 Å². The van der Waals surface area contributed by atoms with Crippen LogP contribution in [0.15, 0.2) is 16.5 Å². The lowest BCUT2D eigenvalue weighted by Crippen LogP contribution is -2.27. The standard InChI is InChI=1S/C10H14N2O4.ClH/c11-10(7-3-5-15-6-4-7)8-1-2-9(16-8)12(13)14;/h1-2,7,10H,3-6,11H2;1H/t10-;/m0./s1. The van der Waals surface area contributed by atoms with E-state index in [2.05, 4.69) is 0 Å². The summed E-state index contributed by atoms with van der Waals surface area (Å²) in [6, 6.07) is 2.64. The highest BCUT2D eigenvalue weighted by molar-refractivity contribution is 5.85. The predicted octanol–water partition coefficient (Wildman–Crippen LogP) is 2.04. The minimum Gasteiger partial charge on any atom is -0.404 e. The zero-order chi connectivity index (χ0) is 11.5. The van der Waals surface area contributed by atoms with E-state index in [9.17, 15) is 10.1 Å². The molecule has 6 nitrogen and oxygen atoms in total. The highest BCUT2D eigenvalue weighted by Gasteiger charge is 2.26. The van der Waals surface area contributed by atoms with Gasteiger partial charge in [-0.2, -0.15) is 0 Å². The van der Waals surface area contributed by atoms with Gasteiger partial charge in [0.1, 0.15) is 10.7 Å². The number of nitrogens with two attached hydrogens (primary N) is 1. The van der Waals surface area contributed by atoms with Crippen LogP contribution in [0.1, 0.15) is 24.6 Å². The van der Waals surface area contributed by atoms with E-state index in [1.807, 2.05) is 0 Å². The lowest BCUT2D eigenvalue weighted by molar-refractivity contribution is -0.402. The summed E-state index contributed by atoms with van der Waals surface area (Å²) in [6.45, 7) is 1.39. The second kappa shape index (κ2) is 6.00. The largest absolute Gasteiger partial charge is 0.433 e. The number of halogens is 1. The van der Waals surface area contributed by atoms with E-state index in [1.54, 1.807) is 6.07 Å². The number of ether oxygens (including phenoxy) is 1. The number of rotatable bonds is 3. The molecule has 1 aliphatic rings. The molecule has 96 valence electrons. The molecule has 1 fully saturated rings. The molecule has 2 N–H and O–H groups in total. The summed E-state index contributed by atoms with van der Waals surface area (Å²) in [4.78, 5) is 9.91. The maximum atomic E-state index is 10.5. The van der Waals surface area contributed by atoms with Gasteiger partial charge in [0.15, 0.2) is 0 Å². The molecule has 1 aliphatic heterocycles. The molecule has 2 heterocycles. The Morgan fingerprint density at radius 2 is 2.06 bits per heavy atom. The molecule has 0 radical (unpaired) electrons. The van der Waals surface area contributed by atoms with Crippen LogP contribution in [0.5, 0.6) is 0 Å². The van der Waals surface area contributed by atoms with Crippen molar-refractivity contribution in [3.05, 3.63) is 28.0 Å². The summed E-state index contributed by atoms with van der Waals surface area (Å²) in [5.41, 5.74) is 6.01. The topological polar surface area (TPSA) is 91.5 Å². The number of hydrogen-bond donors (Lipinski definition) is 1. The molecule has 7 heteroatoms. The van der Waals surface area contributed by atoms with Crippen molar-refractivity contribution in [3.8, 4) is 0 Å². The van der Waals surface area contributed by atoms with Gasteiger partial charge in [-0.25, -0.2) is 0 Å². The highest BCUT2D eigenvalue weighted by Crippen LogP contribution is 2.30. The minimum atomic E-state index is -0.555. The molecule has 0 unspecified atom stereocenters. The molecule has 0 aliphatic carbocycles. The third-order valence-electron chi connectivity index (χ3n) is 2.89. The minimum absolute atomic E-state index is 0. The first-order valence-corrected chi connectivity index (χ1v) is 5.26.